The molecule has 0 amide bonds. The van der Waals surface area contributed by atoms with Gasteiger partial charge in [-0.25, -0.2) is 0 Å². The summed E-state index contributed by atoms with van der Waals surface area (Å²) in [5.74, 6) is 0.720. The summed E-state index contributed by atoms with van der Waals surface area (Å²) < 4.78 is 11.7. The number of carbonyl (C=O) groups is 1. The molecular weight excluding hydrogens is 316 g/mol. The molecule has 3 nitrogen and oxygen atoms in total. The predicted molar refractivity (Wildman–Crippen MR) is 100 cm³/mol. The summed E-state index contributed by atoms with van der Waals surface area (Å²) in [6.45, 7) is 11.2. The molecule has 0 bridgehead atoms. The van der Waals surface area contributed by atoms with E-state index in [-0.39, 0.29) is 17.6 Å². The van der Waals surface area contributed by atoms with E-state index in [0.717, 1.165) is 0 Å². The number of rotatable bonds is 6. The summed E-state index contributed by atoms with van der Waals surface area (Å²) in [5.41, 5.74) is 1.34. The van der Waals surface area contributed by atoms with E-state index in [9.17, 15) is 4.79 Å². The maximum Gasteiger partial charge on any atom is 0.196 e. The first-order chi connectivity index (χ1) is 11.2. The molecule has 0 aliphatic rings. The second kappa shape index (κ2) is 7.32. The lowest BCUT2D eigenvalue weighted by Gasteiger charge is -2.35. The zero-order valence-electron chi connectivity index (χ0n) is 15.1. The van der Waals surface area contributed by atoms with Crippen LogP contribution in [0.5, 0.6) is 5.75 Å². The summed E-state index contributed by atoms with van der Waals surface area (Å²) in [6.07, 6.45) is 0. The lowest BCUT2D eigenvalue weighted by Crippen LogP contribution is -2.41. The van der Waals surface area contributed by atoms with Crippen LogP contribution in [-0.4, -0.2) is 20.9 Å². The molecule has 0 N–H and O–H groups in total. The average Bonchev–Trinajstić information content (AvgIpc) is 2.54. The summed E-state index contributed by atoms with van der Waals surface area (Å²) in [6, 6.07) is 16.5. The highest BCUT2D eigenvalue weighted by atomic mass is 28.4. The molecule has 0 aliphatic carbocycles. The summed E-state index contributed by atoms with van der Waals surface area (Å²) in [7, 11) is -1.81. The Morgan fingerprint density at radius 3 is 2.00 bits per heavy atom. The molecular formula is C20H26O3Si. The van der Waals surface area contributed by atoms with Gasteiger partial charge < -0.3 is 9.16 Å². The zero-order valence-corrected chi connectivity index (χ0v) is 16.1. The van der Waals surface area contributed by atoms with Crippen molar-refractivity contribution in [2.45, 2.75) is 38.9 Å². The lowest BCUT2D eigenvalue weighted by atomic mass is 10.0. The molecule has 0 unspecified atom stereocenters. The van der Waals surface area contributed by atoms with Crippen molar-refractivity contribution in [3.05, 3.63) is 65.7 Å². The van der Waals surface area contributed by atoms with Crippen LogP contribution in [0.1, 0.15) is 36.7 Å². The van der Waals surface area contributed by atoms with Gasteiger partial charge in [-0.2, -0.15) is 0 Å². The Hall–Kier alpha value is -1.91. The molecule has 2 aromatic rings. The number of hydrogen-bond donors (Lipinski definition) is 0. The quantitative estimate of drug-likeness (QED) is 0.407. The number of ether oxygens (including phenoxy) is 1. The van der Waals surface area contributed by atoms with E-state index >= 15 is 0 Å². The van der Waals surface area contributed by atoms with Crippen molar-refractivity contribution in [1.29, 1.82) is 0 Å². The van der Waals surface area contributed by atoms with Crippen molar-refractivity contribution in [3.63, 3.8) is 0 Å². The Morgan fingerprint density at radius 1 is 0.917 bits per heavy atom. The number of benzene rings is 2. The molecule has 4 heteroatoms. The van der Waals surface area contributed by atoms with Crippen molar-refractivity contribution in [3.8, 4) is 5.75 Å². The first-order valence-electron chi connectivity index (χ1n) is 8.17. The lowest BCUT2D eigenvalue weighted by molar-refractivity contribution is 0.103. The average molecular weight is 343 g/mol. The van der Waals surface area contributed by atoms with Gasteiger partial charge in [0.2, 0.25) is 0 Å². The van der Waals surface area contributed by atoms with E-state index in [1.165, 1.54) is 0 Å². The molecule has 0 atom stereocenters. The van der Waals surface area contributed by atoms with E-state index in [1.54, 1.807) is 12.1 Å². The fourth-order valence-electron chi connectivity index (χ4n) is 1.92. The van der Waals surface area contributed by atoms with Gasteiger partial charge in [0.1, 0.15) is 5.75 Å². The fourth-order valence-corrected chi connectivity index (χ4v) is 2.71. The molecule has 0 heterocycles. The van der Waals surface area contributed by atoms with Crippen molar-refractivity contribution in [2.24, 2.45) is 0 Å². The first-order valence-corrected chi connectivity index (χ1v) is 11.1. The van der Waals surface area contributed by atoms with Crippen molar-refractivity contribution < 1.29 is 14.0 Å². The Bertz CT molecular complexity index is 670. The predicted octanol–water partition coefficient (Wildman–Crippen LogP) is 5.28. The molecule has 0 aromatic heterocycles. The van der Waals surface area contributed by atoms with Gasteiger partial charge in [0.15, 0.2) is 20.9 Å². The van der Waals surface area contributed by atoms with E-state index in [4.69, 9.17) is 9.16 Å². The van der Waals surface area contributed by atoms with Gasteiger partial charge in [0.05, 0.1) is 0 Å². The third kappa shape index (κ3) is 4.55. The van der Waals surface area contributed by atoms with Gasteiger partial charge >= 0.3 is 0 Å². The topological polar surface area (TPSA) is 35.5 Å². The second-order valence-corrected chi connectivity index (χ2v) is 12.2. The van der Waals surface area contributed by atoms with Crippen LogP contribution >= 0.6 is 0 Å². The highest BCUT2D eigenvalue weighted by Gasteiger charge is 2.37. The molecule has 0 spiro atoms. The SMILES string of the molecule is CC(C)(C)[Si](C)(C)OCOc1ccc(C(=O)c2ccccc2)cc1. The van der Waals surface area contributed by atoms with Gasteiger partial charge in [0, 0.05) is 11.1 Å². The summed E-state index contributed by atoms with van der Waals surface area (Å²) in [5, 5.41) is 0.155. The molecule has 0 fully saturated rings. The van der Waals surface area contributed by atoms with Crippen LogP contribution in [0.4, 0.5) is 0 Å². The minimum atomic E-state index is -1.81. The molecule has 0 saturated heterocycles. The van der Waals surface area contributed by atoms with Crippen LogP contribution in [0.2, 0.25) is 18.1 Å². The fraction of sp³-hybridized carbons (Fsp3) is 0.350. The molecule has 0 aliphatic heterocycles. The molecule has 0 saturated carbocycles. The van der Waals surface area contributed by atoms with Crippen molar-refractivity contribution in [1.82, 2.24) is 0 Å². The Balaban J connectivity index is 1.95. The number of carbonyl (C=O) groups excluding carboxylic acids is 1. The Morgan fingerprint density at radius 2 is 1.46 bits per heavy atom. The van der Waals surface area contributed by atoms with Gasteiger partial charge in [0.25, 0.3) is 0 Å². The van der Waals surface area contributed by atoms with Gasteiger partial charge in [-0.15, -0.1) is 0 Å². The minimum absolute atomic E-state index is 0.0136. The van der Waals surface area contributed by atoms with E-state index in [0.29, 0.717) is 16.9 Å². The van der Waals surface area contributed by atoms with E-state index in [1.807, 2.05) is 42.5 Å². The van der Waals surface area contributed by atoms with E-state index in [2.05, 4.69) is 33.9 Å². The van der Waals surface area contributed by atoms with Crippen molar-refractivity contribution >= 4 is 14.1 Å². The molecule has 2 aromatic carbocycles. The van der Waals surface area contributed by atoms with Crippen LogP contribution in [0.15, 0.2) is 54.6 Å². The van der Waals surface area contributed by atoms with Gasteiger partial charge in [-0.05, 0) is 42.4 Å². The third-order valence-electron chi connectivity index (χ3n) is 4.60. The normalized spacial score (nSPS) is 12.0. The summed E-state index contributed by atoms with van der Waals surface area (Å²) in [4.78, 5) is 12.4. The van der Waals surface area contributed by atoms with Crippen LogP contribution in [0, 0.1) is 0 Å². The second-order valence-electron chi connectivity index (χ2n) is 7.39. The Kier molecular flexibility index (Phi) is 5.62. The maximum atomic E-state index is 12.4. The van der Waals surface area contributed by atoms with Gasteiger partial charge in [-0.3, -0.25) is 4.79 Å². The standard InChI is InChI=1S/C20H26O3Si/c1-20(2,3)24(4,5)23-15-22-18-13-11-17(12-14-18)19(21)16-9-7-6-8-10-16/h6-14H,15H2,1-5H3. The third-order valence-corrected chi connectivity index (χ3v) is 9.06. The smallest absolute Gasteiger partial charge is 0.196 e. The monoisotopic (exact) mass is 342 g/mol. The zero-order chi connectivity index (χ0) is 17.8. The molecule has 128 valence electrons. The maximum absolute atomic E-state index is 12.4. The van der Waals surface area contributed by atoms with Crippen LogP contribution in [-0.2, 0) is 4.43 Å². The minimum Gasteiger partial charge on any atom is -0.469 e. The summed E-state index contributed by atoms with van der Waals surface area (Å²) >= 11 is 0. The van der Waals surface area contributed by atoms with Crippen LogP contribution in [0.3, 0.4) is 0 Å². The highest BCUT2D eigenvalue weighted by Crippen LogP contribution is 2.36. The Labute approximate surface area is 145 Å². The number of ketones is 1. The first kappa shape index (κ1) is 18.4. The molecule has 2 rings (SSSR count). The largest absolute Gasteiger partial charge is 0.469 e. The van der Waals surface area contributed by atoms with E-state index < -0.39 is 8.32 Å². The molecule has 24 heavy (non-hydrogen) atoms. The highest BCUT2D eigenvalue weighted by molar-refractivity contribution is 6.74. The van der Waals surface area contributed by atoms with Gasteiger partial charge in [-0.1, -0.05) is 51.1 Å². The molecule has 0 radical (unpaired) electrons. The van der Waals surface area contributed by atoms with Crippen LogP contribution < -0.4 is 4.74 Å². The number of hydrogen-bond acceptors (Lipinski definition) is 3. The van der Waals surface area contributed by atoms with Crippen molar-refractivity contribution in [2.75, 3.05) is 6.79 Å². The van der Waals surface area contributed by atoms with Crippen LogP contribution in [0.25, 0.3) is 0 Å².